The standard InChI is InChI=1S/C21H14N2O/c1-14-19(13-22)18(21-10-5-11-24-21)12-20(23-14)17-9-4-7-15-6-2-3-8-16(15)17/h2-12H,1H3. The highest BCUT2D eigenvalue weighted by Crippen LogP contribution is 2.33. The summed E-state index contributed by atoms with van der Waals surface area (Å²) < 4.78 is 5.52. The molecule has 0 aliphatic carbocycles. The van der Waals surface area contributed by atoms with Gasteiger partial charge in [-0.2, -0.15) is 5.26 Å². The van der Waals surface area contributed by atoms with Crippen LogP contribution in [0.15, 0.2) is 71.3 Å². The van der Waals surface area contributed by atoms with Crippen LogP contribution in [0.2, 0.25) is 0 Å². The molecule has 0 fully saturated rings. The van der Waals surface area contributed by atoms with Crippen molar-refractivity contribution in [3.05, 3.63) is 78.2 Å². The zero-order valence-electron chi connectivity index (χ0n) is 13.2. The Kier molecular flexibility index (Phi) is 3.36. The van der Waals surface area contributed by atoms with Crippen molar-refractivity contribution in [1.82, 2.24) is 4.98 Å². The van der Waals surface area contributed by atoms with E-state index in [9.17, 15) is 5.26 Å². The van der Waals surface area contributed by atoms with Crippen LogP contribution in [0.5, 0.6) is 0 Å². The first-order valence-electron chi connectivity index (χ1n) is 7.71. The molecular formula is C21H14N2O. The van der Waals surface area contributed by atoms with Gasteiger partial charge in [0, 0.05) is 11.1 Å². The molecule has 0 saturated heterocycles. The minimum absolute atomic E-state index is 0.550. The molecule has 4 aromatic rings. The van der Waals surface area contributed by atoms with Gasteiger partial charge in [0.2, 0.25) is 0 Å². The Hall–Kier alpha value is -3.38. The number of aromatic nitrogens is 1. The van der Waals surface area contributed by atoms with Crippen molar-refractivity contribution in [3.8, 4) is 28.7 Å². The van der Waals surface area contributed by atoms with Crippen LogP contribution >= 0.6 is 0 Å². The molecule has 4 rings (SSSR count). The van der Waals surface area contributed by atoms with Gasteiger partial charge >= 0.3 is 0 Å². The van der Waals surface area contributed by atoms with Crippen molar-refractivity contribution in [3.63, 3.8) is 0 Å². The number of nitrogens with zero attached hydrogens (tertiary/aromatic N) is 2. The van der Waals surface area contributed by atoms with Crippen LogP contribution in [0.4, 0.5) is 0 Å². The minimum Gasteiger partial charge on any atom is -0.464 e. The Balaban J connectivity index is 2.01. The summed E-state index contributed by atoms with van der Waals surface area (Å²) in [6.07, 6.45) is 1.61. The number of nitriles is 1. The lowest BCUT2D eigenvalue weighted by Crippen LogP contribution is -1.96. The third-order valence-electron chi connectivity index (χ3n) is 4.16. The maximum atomic E-state index is 9.50. The largest absolute Gasteiger partial charge is 0.464 e. The van der Waals surface area contributed by atoms with Crippen LogP contribution in [0.3, 0.4) is 0 Å². The summed E-state index contributed by atoms with van der Waals surface area (Å²) in [4.78, 5) is 4.67. The van der Waals surface area contributed by atoms with E-state index in [1.165, 1.54) is 5.39 Å². The first-order chi connectivity index (χ1) is 11.8. The Morgan fingerprint density at radius 1 is 0.958 bits per heavy atom. The second-order valence-corrected chi connectivity index (χ2v) is 5.63. The van der Waals surface area contributed by atoms with Gasteiger partial charge in [-0.15, -0.1) is 0 Å². The van der Waals surface area contributed by atoms with E-state index < -0.39 is 0 Å². The summed E-state index contributed by atoms with van der Waals surface area (Å²) in [5, 5.41) is 11.8. The van der Waals surface area contributed by atoms with Crippen molar-refractivity contribution in [2.24, 2.45) is 0 Å². The highest BCUT2D eigenvalue weighted by atomic mass is 16.3. The Morgan fingerprint density at radius 3 is 2.58 bits per heavy atom. The molecule has 0 amide bonds. The summed E-state index contributed by atoms with van der Waals surface area (Å²) in [5.74, 6) is 0.679. The highest BCUT2D eigenvalue weighted by Gasteiger charge is 2.15. The maximum absolute atomic E-state index is 9.50. The number of aryl methyl sites for hydroxylation is 1. The van der Waals surface area contributed by atoms with Crippen LogP contribution in [0.25, 0.3) is 33.4 Å². The second-order valence-electron chi connectivity index (χ2n) is 5.63. The van der Waals surface area contributed by atoms with Gasteiger partial charge in [0.05, 0.1) is 23.2 Å². The minimum atomic E-state index is 0.550. The SMILES string of the molecule is Cc1nc(-c2cccc3ccccc23)cc(-c2ccco2)c1C#N. The molecule has 3 nitrogen and oxygen atoms in total. The van der Waals surface area contributed by atoms with E-state index >= 15 is 0 Å². The predicted octanol–water partition coefficient (Wildman–Crippen LogP) is 5.34. The predicted molar refractivity (Wildman–Crippen MR) is 94.3 cm³/mol. The lowest BCUT2D eigenvalue weighted by molar-refractivity contribution is 0.582. The first-order valence-corrected chi connectivity index (χ1v) is 7.71. The van der Waals surface area contributed by atoms with Gasteiger partial charge in [-0.1, -0.05) is 42.5 Å². The molecule has 0 unspecified atom stereocenters. The molecule has 0 atom stereocenters. The second kappa shape index (κ2) is 5.68. The molecule has 2 aromatic carbocycles. The molecular weight excluding hydrogens is 296 g/mol. The highest BCUT2D eigenvalue weighted by molar-refractivity contribution is 5.96. The monoisotopic (exact) mass is 310 g/mol. The van der Waals surface area contributed by atoms with Crippen molar-refractivity contribution < 1.29 is 4.42 Å². The fourth-order valence-electron chi connectivity index (χ4n) is 3.03. The number of pyridine rings is 1. The van der Waals surface area contributed by atoms with E-state index in [1.54, 1.807) is 6.26 Å². The molecule has 2 aromatic heterocycles. The van der Waals surface area contributed by atoms with E-state index in [0.29, 0.717) is 17.0 Å². The first kappa shape index (κ1) is 14.2. The number of rotatable bonds is 2. The van der Waals surface area contributed by atoms with Crippen LogP contribution in [-0.4, -0.2) is 4.98 Å². The van der Waals surface area contributed by atoms with Gasteiger partial charge in [-0.25, -0.2) is 0 Å². The Morgan fingerprint density at radius 2 is 1.79 bits per heavy atom. The van der Waals surface area contributed by atoms with Crippen LogP contribution < -0.4 is 0 Å². The molecule has 0 bridgehead atoms. The summed E-state index contributed by atoms with van der Waals surface area (Å²) in [7, 11) is 0. The number of furan rings is 1. The molecule has 2 heterocycles. The summed E-state index contributed by atoms with van der Waals surface area (Å²) >= 11 is 0. The number of hydrogen-bond donors (Lipinski definition) is 0. The van der Waals surface area contributed by atoms with E-state index in [0.717, 1.165) is 22.2 Å². The van der Waals surface area contributed by atoms with Crippen molar-refractivity contribution >= 4 is 10.8 Å². The van der Waals surface area contributed by atoms with Gasteiger partial charge in [0.1, 0.15) is 11.8 Å². The zero-order valence-corrected chi connectivity index (χ0v) is 13.2. The summed E-state index contributed by atoms with van der Waals surface area (Å²) in [5.41, 5.74) is 3.92. The molecule has 0 aliphatic rings. The average Bonchev–Trinajstić information content (AvgIpc) is 3.15. The van der Waals surface area contributed by atoms with E-state index in [-0.39, 0.29) is 0 Å². The number of fused-ring (bicyclic) bond motifs is 1. The van der Waals surface area contributed by atoms with Gasteiger partial charge in [0.25, 0.3) is 0 Å². The smallest absolute Gasteiger partial charge is 0.135 e. The lowest BCUT2D eigenvalue weighted by atomic mass is 9.98. The quantitative estimate of drug-likeness (QED) is 0.502. The van der Waals surface area contributed by atoms with Gasteiger partial charge < -0.3 is 4.42 Å². The molecule has 0 spiro atoms. The third-order valence-corrected chi connectivity index (χ3v) is 4.16. The van der Waals surface area contributed by atoms with Crippen LogP contribution in [-0.2, 0) is 0 Å². The van der Waals surface area contributed by atoms with Crippen molar-refractivity contribution in [2.75, 3.05) is 0 Å². The Bertz CT molecular complexity index is 1070. The third kappa shape index (κ3) is 2.26. The maximum Gasteiger partial charge on any atom is 0.135 e. The van der Waals surface area contributed by atoms with Crippen LogP contribution in [0.1, 0.15) is 11.3 Å². The van der Waals surface area contributed by atoms with Gasteiger partial charge in [-0.05, 0) is 35.9 Å². The average molecular weight is 310 g/mol. The molecule has 3 heteroatoms. The van der Waals surface area contributed by atoms with Crippen molar-refractivity contribution in [2.45, 2.75) is 6.92 Å². The Labute approximate surface area is 139 Å². The van der Waals surface area contributed by atoms with Crippen molar-refractivity contribution in [1.29, 1.82) is 5.26 Å². The van der Waals surface area contributed by atoms with Crippen LogP contribution in [0, 0.1) is 18.3 Å². The molecule has 0 aliphatic heterocycles. The number of hydrogen-bond acceptors (Lipinski definition) is 3. The molecule has 0 saturated carbocycles. The van der Waals surface area contributed by atoms with E-state index in [4.69, 9.17) is 4.42 Å². The topological polar surface area (TPSA) is 49.8 Å². The zero-order chi connectivity index (χ0) is 16.5. The fraction of sp³-hybridized carbons (Fsp3) is 0.0476. The van der Waals surface area contributed by atoms with Gasteiger partial charge in [0.15, 0.2) is 0 Å². The molecule has 0 N–H and O–H groups in total. The number of benzene rings is 2. The van der Waals surface area contributed by atoms with Gasteiger partial charge in [-0.3, -0.25) is 4.98 Å². The summed E-state index contributed by atoms with van der Waals surface area (Å²) in [6, 6.07) is 22.3. The molecule has 0 radical (unpaired) electrons. The molecule has 24 heavy (non-hydrogen) atoms. The fourth-order valence-corrected chi connectivity index (χ4v) is 3.03. The van der Waals surface area contributed by atoms with E-state index in [1.807, 2.05) is 43.3 Å². The summed E-state index contributed by atoms with van der Waals surface area (Å²) in [6.45, 7) is 1.86. The lowest BCUT2D eigenvalue weighted by Gasteiger charge is -2.10. The van der Waals surface area contributed by atoms with E-state index in [2.05, 4.69) is 35.3 Å². The normalized spacial score (nSPS) is 10.7. The molecule has 114 valence electrons.